The first-order chi connectivity index (χ1) is 8.03. The SMILES string of the molecule is Cn1c2c(c3ccccc31)C(C)(C)C(=O)CC2. The van der Waals surface area contributed by atoms with E-state index in [1.165, 1.54) is 22.2 Å². The Hall–Kier alpha value is -1.57. The summed E-state index contributed by atoms with van der Waals surface area (Å²) in [5.74, 6) is 0.362. The van der Waals surface area contributed by atoms with Crippen LogP contribution in [0.3, 0.4) is 0 Å². The molecule has 3 rings (SSSR count). The van der Waals surface area contributed by atoms with Gasteiger partial charge in [-0.1, -0.05) is 18.2 Å². The van der Waals surface area contributed by atoms with Crippen molar-refractivity contribution in [2.75, 3.05) is 0 Å². The summed E-state index contributed by atoms with van der Waals surface area (Å²) >= 11 is 0. The minimum atomic E-state index is -0.339. The fourth-order valence-electron chi connectivity index (χ4n) is 3.12. The first kappa shape index (κ1) is 10.6. The molecule has 0 spiro atoms. The Morgan fingerprint density at radius 2 is 1.88 bits per heavy atom. The maximum Gasteiger partial charge on any atom is 0.143 e. The first-order valence-electron chi connectivity index (χ1n) is 6.13. The largest absolute Gasteiger partial charge is 0.347 e. The Morgan fingerprint density at radius 3 is 2.65 bits per heavy atom. The van der Waals surface area contributed by atoms with Gasteiger partial charge < -0.3 is 4.57 Å². The molecule has 1 aliphatic rings. The van der Waals surface area contributed by atoms with E-state index in [-0.39, 0.29) is 5.41 Å². The molecular formula is C15H17NO. The highest BCUT2D eigenvalue weighted by atomic mass is 16.1. The number of rotatable bonds is 0. The predicted molar refractivity (Wildman–Crippen MR) is 69.3 cm³/mol. The third kappa shape index (κ3) is 1.24. The van der Waals surface area contributed by atoms with Gasteiger partial charge in [0.15, 0.2) is 0 Å². The van der Waals surface area contributed by atoms with Gasteiger partial charge in [0.25, 0.3) is 0 Å². The Labute approximate surface area is 101 Å². The van der Waals surface area contributed by atoms with E-state index < -0.39 is 0 Å². The summed E-state index contributed by atoms with van der Waals surface area (Å²) in [6.45, 7) is 4.11. The quantitative estimate of drug-likeness (QED) is 0.678. The Bertz CT molecular complexity index is 619. The van der Waals surface area contributed by atoms with Crippen molar-refractivity contribution in [3.8, 4) is 0 Å². The molecule has 0 saturated carbocycles. The van der Waals surface area contributed by atoms with Crippen molar-refractivity contribution in [3.63, 3.8) is 0 Å². The van der Waals surface area contributed by atoms with Crippen molar-refractivity contribution in [1.29, 1.82) is 0 Å². The molecule has 0 saturated heterocycles. The van der Waals surface area contributed by atoms with Gasteiger partial charge in [-0.3, -0.25) is 4.79 Å². The topological polar surface area (TPSA) is 22.0 Å². The highest BCUT2D eigenvalue weighted by molar-refractivity contribution is 5.98. The van der Waals surface area contributed by atoms with E-state index in [1.807, 2.05) is 0 Å². The summed E-state index contributed by atoms with van der Waals surface area (Å²) in [6.07, 6.45) is 1.55. The van der Waals surface area contributed by atoms with E-state index in [0.29, 0.717) is 12.2 Å². The Balaban J connectivity index is 2.45. The van der Waals surface area contributed by atoms with Gasteiger partial charge in [-0.25, -0.2) is 0 Å². The number of Topliss-reactive ketones (excluding diaryl/α,β-unsaturated/α-hetero) is 1. The molecule has 1 heterocycles. The second-order valence-corrected chi connectivity index (χ2v) is 5.45. The molecule has 1 aromatic carbocycles. The van der Waals surface area contributed by atoms with E-state index in [2.05, 4.69) is 49.7 Å². The molecule has 1 aromatic heterocycles. The molecule has 0 aliphatic heterocycles. The smallest absolute Gasteiger partial charge is 0.143 e. The van der Waals surface area contributed by atoms with E-state index in [0.717, 1.165) is 6.42 Å². The van der Waals surface area contributed by atoms with Gasteiger partial charge in [-0.2, -0.15) is 0 Å². The van der Waals surface area contributed by atoms with Crippen molar-refractivity contribution >= 4 is 16.7 Å². The number of carbonyl (C=O) groups excluding carboxylic acids is 1. The molecule has 0 radical (unpaired) electrons. The van der Waals surface area contributed by atoms with Crippen molar-refractivity contribution in [2.24, 2.45) is 7.05 Å². The van der Waals surface area contributed by atoms with Crippen LogP contribution in [0, 0.1) is 0 Å². The number of nitrogens with zero attached hydrogens (tertiary/aromatic N) is 1. The van der Waals surface area contributed by atoms with Gasteiger partial charge in [-0.15, -0.1) is 0 Å². The van der Waals surface area contributed by atoms with Crippen LogP contribution in [-0.4, -0.2) is 10.4 Å². The van der Waals surface area contributed by atoms with Crippen molar-refractivity contribution in [2.45, 2.75) is 32.1 Å². The van der Waals surface area contributed by atoms with Crippen LogP contribution in [0.15, 0.2) is 24.3 Å². The zero-order chi connectivity index (χ0) is 12.2. The third-order valence-corrected chi connectivity index (χ3v) is 4.14. The van der Waals surface area contributed by atoms with Crippen molar-refractivity contribution < 1.29 is 4.79 Å². The van der Waals surface area contributed by atoms with Crippen LogP contribution in [0.25, 0.3) is 10.9 Å². The molecule has 2 aromatic rings. The zero-order valence-corrected chi connectivity index (χ0v) is 10.6. The molecule has 0 N–H and O–H groups in total. The number of ketones is 1. The predicted octanol–water partition coefficient (Wildman–Crippen LogP) is 2.97. The van der Waals surface area contributed by atoms with Crippen LogP contribution in [0.1, 0.15) is 31.5 Å². The number of hydrogen-bond donors (Lipinski definition) is 0. The Kier molecular flexibility index (Phi) is 2.00. The number of hydrogen-bond acceptors (Lipinski definition) is 1. The van der Waals surface area contributed by atoms with Crippen LogP contribution in [-0.2, 0) is 23.7 Å². The molecule has 0 atom stereocenters. The highest BCUT2D eigenvalue weighted by Gasteiger charge is 2.38. The lowest BCUT2D eigenvalue weighted by molar-refractivity contribution is -0.124. The number of benzene rings is 1. The maximum absolute atomic E-state index is 12.1. The van der Waals surface area contributed by atoms with Gasteiger partial charge in [0.05, 0.1) is 5.41 Å². The second-order valence-electron chi connectivity index (χ2n) is 5.45. The molecule has 1 aliphatic carbocycles. The lowest BCUT2D eigenvalue weighted by atomic mass is 9.73. The molecule has 0 fully saturated rings. The average Bonchev–Trinajstić information content (AvgIpc) is 2.60. The van der Waals surface area contributed by atoms with E-state index >= 15 is 0 Å². The lowest BCUT2D eigenvalue weighted by Crippen LogP contribution is -2.34. The van der Waals surface area contributed by atoms with Gasteiger partial charge in [-0.05, 0) is 31.9 Å². The average molecular weight is 227 g/mol. The number of fused-ring (bicyclic) bond motifs is 3. The van der Waals surface area contributed by atoms with E-state index in [1.54, 1.807) is 0 Å². The van der Waals surface area contributed by atoms with Crippen LogP contribution in [0.2, 0.25) is 0 Å². The summed E-state index contributed by atoms with van der Waals surface area (Å²) in [6, 6.07) is 8.38. The maximum atomic E-state index is 12.1. The molecule has 2 heteroatoms. The van der Waals surface area contributed by atoms with E-state index in [9.17, 15) is 4.79 Å². The Morgan fingerprint density at radius 1 is 1.18 bits per heavy atom. The van der Waals surface area contributed by atoms with Crippen molar-refractivity contribution in [1.82, 2.24) is 4.57 Å². The highest BCUT2D eigenvalue weighted by Crippen LogP contribution is 2.40. The van der Waals surface area contributed by atoms with Gasteiger partial charge in [0, 0.05) is 30.1 Å². The summed E-state index contributed by atoms with van der Waals surface area (Å²) in [5, 5.41) is 1.24. The third-order valence-electron chi connectivity index (χ3n) is 4.14. The normalized spacial score (nSPS) is 18.4. The summed E-state index contributed by atoms with van der Waals surface area (Å²) in [4.78, 5) is 12.1. The molecular weight excluding hydrogens is 210 g/mol. The van der Waals surface area contributed by atoms with Gasteiger partial charge >= 0.3 is 0 Å². The number of para-hydroxylation sites is 1. The standard InChI is InChI=1S/C15H17NO/c1-15(2)13(17)9-8-12-14(15)10-6-4-5-7-11(10)16(12)3/h4-7H,8-9H2,1-3H3. The second kappa shape index (κ2) is 3.22. The summed E-state index contributed by atoms with van der Waals surface area (Å²) in [5.41, 5.74) is 3.47. The molecule has 88 valence electrons. The zero-order valence-electron chi connectivity index (χ0n) is 10.6. The van der Waals surface area contributed by atoms with Gasteiger partial charge in [0.2, 0.25) is 0 Å². The number of aryl methyl sites for hydroxylation is 1. The molecule has 17 heavy (non-hydrogen) atoms. The minimum Gasteiger partial charge on any atom is -0.347 e. The fraction of sp³-hybridized carbons (Fsp3) is 0.400. The van der Waals surface area contributed by atoms with Crippen LogP contribution < -0.4 is 0 Å². The molecule has 0 amide bonds. The van der Waals surface area contributed by atoms with Crippen LogP contribution in [0.5, 0.6) is 0 Å². The fourth-order valence-corrected chi connectivity index (χ4v) is 3.12. The minimum absolute atomic E-state index is 0.339. The number of aromatic nitrogens is 1. The van der Waals surface area contributed by atoms with Crippen LogP contribution in [0.4, 0.5) is 0 Å². The number of carbonyl (C=O) groups is 1. The van der Waals surface area contributed by atoms with Crippen molar-refractivity contribution in [3.05, 3.63) is 35.5 Å². The van der Waals surface area contributed by atoms with Gasteiger partial charge in [0.1, 0.15) is 5.78 Å². The molecule has 0 bridgehead atoms. The van der Waals surface area contributed by atoms with Crippen LogP contribution >= 0.6 is 0 Å². The summed E-state index contributed by atoms with van der Waals surface area (Å²) < 4.78 is 2.25. The first-order valence-corrected chi connectivity index (χ1v) is 6.13. The monoisotopic (exact) mass is 227 g/mol. The molecule has 0 unspecified atom stereocenters. The summed E-state index contributed by atoms with van der Waals surface area (Å²) in [7, 11) is 2.10. The lowest BCUT2D eigenvalue weighted by Gasteiger charge is -2.29. The van der Waals surface area contributed by atoms with E-state index in [4.69, 9.17) is 0 Å². The molecule has 2 nitrogen and oxygen atoms in total.